The molecule has 1 aliphatic rings. The fourth-order valence-corrected chi connectivity index (χ4v) is 1.77. The third kappa shape index (κ3) is 2.69. The van der Waals surface area contributed by atoms with Crippen LogP contribution in [0, 0.1) is 10.1 Å². The van der Waals surface area contributed by atoms with Crippen molar-refractivity contribution in [2.45, 2.75) is 0 Å². The molecule has 1 fully saturated rings. The molecule has 7 nitrogen and oxygen atoms in total. The summed E-state index contributed by atoms with van der Waals surface area (Å²) >= 11 is 0. The fraction of sp³-hybridized carbons (Fsp3) is 0.500. The fourth-order valence-electron chi connectivity index (χ4n) is 1.77. The Morgan fingerprint density at radius 2 is 2.29 bits per heavy atom. The van der Waals surface area contributed by atoms with E-state index in [1.165, 1.54) is 15.8 Å². The van der Waals surface area contributed by atoms with Gasteiger partial charge in [-0.1, -0.05) is 0 Å². The molecule has 0 atom stereocenters. The third-order valence-electron chi connectivity index (χ3n) is 2.77. The van der Waals surface area contributed by atoms with Gasteiger partial charge in [-0.25, -0.2) is 0 Å². The minimum absolute atomic E-state index is 0.0383. The van der Waals surface area contributed by atoms with Gasteiger partial charge in [-0.05, 0) is 0 Å². The highest BCUT2D eigenvalue weighted by Crippen LogP contribution is 2.17. The summed E-state index contributed by atoms with van der Waals surface area (Å²) in [5, 5.41) is 14.7. The molecule has 1 aromatic heterocycles. The maximum atomic E-state index is 10.8. The van der Waals surface area contributed by atoms with Crippen LogP contribution < -0.4 is 4.90 Å². The summed E-state index contributed by atoms with van der Waals surface area (Å²) in [7, 11) is 1.70. The number of aryl methyl sites for hydroxylation is 1. The molecule has 0 radical (unpaired) electrons. The van der Waals surface area contributed by atoms with Gasteiger partial charge in [-0.15, -0.1) is 0 Å². The summed E-state index contributed by atoms with van der Waals surface area (Å²) in [5.41, 5.74) is 0.561. The van der Waals surface area contributed by atoms with E-state index in [9.17, 15) is 10.1 Å². The van der Waals surface area contributed by atoms with E-state index in [-0.39, 0.29) is 5.69 Å². The maximum absolute atomic E-state index is 10.8. The van der Waals surface area contributed by atoms with Crippen molar-refractivity contribution in [1.82, 2.24) is 9.78 Å². The monoisotopic (exact) mass is 239 g/mol. The number of nitrogens with zero attached hydrogens (tertiary/aromatic N) is 3. The Labute approximate surface area is 98.4 Å². The van der Waals surface area contributed by atoms with Crippen LogP contribution in [-0.2, 0) is 11.8 Å². The quantitative estimate of drug-likeness (QED) is 0.554. The Morgan fingerprint density at radius 3 is 2.94 bits per heavy atom. The van der Waals surface area contributed by atoms with E-state index in [1.807, 2.05) is 6.20 Å². The molecule has 1 aromatic rings. The maximum Gasteiger partial charge on any atom is 0.314 e. The Morgan fingerprint density at radius 1 is 1.59 bits per heavy atom. The number of morpholine rings is 1. The second kappa shape index (κ2) is 5.07. The zero-order chi connectivity index (χ0) is 12.3. The molecule has 0 bridgehead atoms. The van der Waals surface area contributed by atoms with Gasteiger partial charge in [0.25, 0.3) is 0 Å². The van der Waals surface area contributed by atoms with Gasteiger partial charge in [0, 0.05) is 13.1 Å². The van der Waals surface area contributed by atoms with Crippen molar-refractivity contribution >= 4 is 11.8 Å². The summed E-state index contributed by atoms with van der Waals surface area (Å²) in [6.07, 6.45) is 4.96. The first-order valence-electron chi connectivity index (χ1n) is 5.45. The molecule has 0 aliphatic carbocycles. The summed E-state index contributed by atoms with van der Waals surface area (Å²) < 4.78 is 6.75. The van der Waals surface area contributed by atoms with Crippen LogP contribution in [0.1, 0.15) is 5.69 Å². The van der Waals surface area contributed by atoms with Gasteiger partial charge in [-0.3, -0.25) is 14.8 Å². The van der Waals surface area contributed by atoms with Gasteiger partial charge in [0.1, 0.15) is 25.0 Å². The topological polar surface area (TPSA) is 74.6 Å². The zero-order valence-electron chi connectivity index (χ0n) is 9.63. The molecule has 2 rings (SSSR count). The van der Waals surface area contributed by atoms with Crippen LogP contribution >= 0.6 is 0 Å². The van der Waals surface area contributed by atoms with Gasteiger partial charge < -0.3 is 9.64 Å². The molecule has 0 spiro atoms. The highest BCUT2D eigenvalue weighted by Gasteiger charge is 2.18. The normalized spacial score (nSPS) is 17.7. The minimum Gasteiger partial charge on any atom is -0.370 e. The molecule has 0 unspecified atom stereocenters. The Hall–Kier alpha value is -1.73. The molecule has 1 aliphatic heterocycles. The molecule has 0 saturated carbocycles. The summed E-state index contributed by atoms with van der Waals surface area (Å²) in [4.78, 5) is 11.6. The van der Waals surface area contributed by atoms with E-state index in [4.69, 9.17) is 4.74 Å². The van der Waals surface area contributed by atoms with Crippen molar-refractivity contribution in [3.8, 4) is 0 Å². The zero-order valence-corrected chi connectivity index (χ0v) is 9.63. The molecule has 0 amide bonds. The number of hydrogen-bond acceptors (Lipinski definition) is 4. The highest BCUT2D eigenvalue weighted by atomic mass is 16.6. The minimum atomic E-state index is -0.415. The molecule has 7 heteroatoms. The number of nitrogens with one attached hydrogen (secondary N) is 1. The lowest BCUT2D eigenvalue weighted by Gasteiger charge is -2.19. The van der Waals surface area contributed by atoms with E-state index >= 15 is 0 Å². The molecular weight excluding hydrogens is 224 g/mol. The number of ether oxygens (including phenoxy) is 1. The van der Waals surface area contributed by atoms with Gasteiger partial charge in [0.15, 0.2) is 0 Å². The van der Waals surface area contributed by atoms with Crippen molar-refractivity contribution < 1.29 is 14.6 Å². The van der Waals surface area contributed by atoms with Crippen LogP contribution in [0.15, 0.2) is 12.4 Å². The second-order valence-electron chi connectivity index (χ2n) is 3.90. The number of nitro groups is 1. The number of hydrogen-bond donors (Lipinski definition) is 1. The van der Waals surface area contributed by atoms with E-state index < -0.39 is 4.92 Å². The van der Waals surface area contributed by atoms with Crippen molar-refractivity contribution in [2.24, 2.45) is 7.05 Å². The van der Waals surface area contributed by atoms with Gasteiger partial charge in [-0.2, -0.15) is 5.10 Å². The molecule has 92 valence electrons. The van der Waals surface area contributed by atoms with Crippen LogP contribution in [0.3, 0.4) is 0 Å². The summed E-state index contributed by atoms with van der Waals surface area (Å²) in [5.74, 6) is 0. The third-order valence-corrected chi connectivity index (χ3v) is 2.77. The van der Waals surface area contributed by atoms with Crippen molar-refractivity contribution in [3.05, 3.63) is 28.2 Å². The largest absolute Gasteiger partial charge is 0.370 e. The SMILES string of the molecule is Cn1ncc([N+](=O)[O-])c1/C=C/[NH+]1CCOCC1. The van der Waals surface area contributed by atoms with E-state index in [1.54, 1.807) is 13.1 Å². The van der Waals surface area contributed by atoms with Crippen molar-refractivity contribution in [3.63, 3.8) is 0 Å². The van der Waals surface area contributed by atoms with Gasteiger partial charge >= 0.3 is 5.69 Å². The van der Waals surface area contributed by atoms with Crippen LogP contribution in [0.2, 0.25) is 0 Å². The molecule has 1 saturated heterocycles. The number of quaternary nitrogens is 1. The molecule has 0 aromatic carbocycles. The van der Waals surface area contributed by atoms with Gasteiger partial charge in [0.2, 0.25) is 0 Å². The van der Waals surface area contributed by atoms with Crippen LogP contribution in [0.5, 0.6) is 0 Å². The van der Waals surface area contributed by atoms with E-state index in [0.717, 1.165) is 26.3 Å². The van der Waals surface area contributed by atoms with Crippen LogP contribution in [0.4, 0.5) is 5.69 Å². The van der Waals surface area contributed by atoms with Gasteiger partial charge in [0.05, 0.1) is 24.3 Å². The Bertz CT molecular complexity index is 435. The molecule has 2 heterocycles. The smallest absolute Gasteiger partial charge is 0.314 e. The lowest BCUT2D eigenvalue weighted by atomic mass is 10.3. The Kier molecular flexibility index (Phi) is 3.50. The average molecular weight is 239 g/mol. The predicted octanol–water partition coefficient (Wildman–Crippen LogP) is -0.786. The van der Waals surface area contributed by atoms with Crippen LogP contribution in [-0.4, -0.2) is 41.0 Å². The number of aromatic nitrogens is 2. The first-order valence-corrected chi connectivity index (χ1v) is 5.45. The lowest BCUT2D eigenvalue weighted by Crippen LogP contribution is -3.09. The summed E-state index contributed by atoms with van der Waals surface area (Å²) in [6.45, 7) is 3.24. The molecular formula is C10H15N4O3+. The molecule has 1 N–H and O–H groups in total. The van der Waals surface area contributed by atoms with E-state index in [0.29, 0.717) is 5.69 Å². The number of rotatable bonds is 3. The standard InChI is InChI=1S/C10H14N4O3/c1-12-9(10(8-11-12)14(15)16)2-3-13-4-6-17-7-5-13/h2-3,8H,4-7H2,1H3/p+1/b3-2+. The highest BCUT2D eigenvalue weighted by molar-refractivity contribution is 5.55. The second-order valence-corrected chi connectivity index (χ2v) is 3.90. The van der Waals surface area contributed by atoms with E-state index in [2.05, 4.69) is 5.10 Å². The summed E-state index contributed by atoms with van der Waals surface area (Å²) in [6, 6.07) is 0. The van der Waals surface area contributed by atoms with Crippen molar-refractivity contribution in [1.29, 1.82) is 0 Å². The van der Waals surface area contributed by atoms with Crippen molar-refractivity contribution in [2.75, 3.05) is 26.3 Å². The lowest BCUT2D eigenvalue weighted by molar-refractivity contribution is -0.855. The first-order chi connectivity index (χ1) is 8.18. The van der Waals surface area contributed by atoms with Crippen LogP contribution in [0.25, 0.3) is 6.08 Å². The Balaban J connectivity index is 2.14. The first kappa shape index (κ1) is 11.7. The average Bonchev–Trinajstić information content (AvgIpc) is 2.69. The predicted molar refractivity (Wildman–Crippen MR) is 60.4 cm³/mol. The molecule has 17 heavy (non-hydrogen) atoms.